The second kappa shape index (κ2) is 7.06. The van der Waals surface area contributed by atoms with Crippen LogP contribution in [0.2, 0.25) is 0 Å². The number of primary amides is 1. The SMILES string of the molecule is COc1cc2c(cc1C=CC(N)=O)OC(NS(=O)(=O)c1ccccc1)O2. The van der Waals surface area contributed by atoms with Gasteiger partial charge < -0.3 is 19.9 Å². The van der Waals surface area contributed by atoms with Crippen LogP contribution in [0, 0.1) is 0 Å². The lowest BCUT2D eigenvalue weighted by atomic mass is 10.1. The minimum atomic E-state index is -3.82. The monoisotopic (exact) mass is 376 g/mol. The fourth-order valence-corrected chi connectivity index (χ4v) is 3.32. The van der Waals surface area contributed by atoms with Crippen molar-refractivity contribution < 1.29 is 27.4 Å². The van der Waals surface area contributed by atoms with Gasteiger partial charge in [0.05, 0.1) is 12.0 Å². The molecule has 2 aromatic rings. The van der Waals surface area contributed by atoms with E-state index in [0.29, 0.717) is 22.8 Å². The fraction of sp³-hybridized carbons (Fsp3) is 0.118. The maximum absolute atomic E-state index is 12.3. The van der Waals surface area contributed by atoms with Gasteiger partial charge in [0.25, 0.3) is 0 Å². The average Bonchev–Trinajstić information content (AvgIpc) is 2.99. The lowest BCUT2D eigenvalue weighted by Crippen LogP contribution is -2.40. The number of fused-ring (bicyclic) bond motifs is 1. The van der Waals surface area contributed by atoms with Gasteiger partial charge in [0, 0.05) is 17.7 Å². The molecule has 136 valence electrons. The fourth-order valence-electron chi connectivity index (χ4n) is 2.32. The molecule has 0 bridgehead atoms. The van der Waals surface area contributed by atoms with Crippen molar-refractivity contribution in [3.05, 3.63) is 54.1 Å². The molecule has 0 saturated carbocycles. The Morgan fingerprint density at radius 1 is 1.19 bits per heavy atom. The highest BCUT2D eigenvalue weighted by Crippen LogP contribution is 2.40. The molecule has 0 aromatic heterocycles. The van der Waals surface area contributed by atoms with Crippen molar-refractivity contribution in [1.29, 1.82) is 0 Å². The van der Waals surface area contributed by atoms with E-state index in [-0.39, 0.29) is 4.90 Å². The molecule has 3 rings (SSSR count). The minimum absolute atomic E-state index is 0.0887. The molecule has 0 spiro atoms. The van der Waals surface area contributed by atoms with Crippen LogP contribution < -0.4 is 24.7 Å². The molecule has 1 aliphatic rings. The molecular weight excluding hydrogens is 360 g/mol. The number of ether oxygens (including phenoxy) is 3. The van der Waals surface area contributed by atoms with Gasteiger partial charge in [0.1, 0.15) is 5.75 Å². The number of hydrogen-bond donors (Lipinski definition) is 2. The molecule has 8 nitrogen and oxygen atoms in total. The number of carbonyl (C=O) groups is 1. The Labute approximate surface area is 150 Å². The smallest absolute Gasteiger partial charge is 0.315 e. The molecule has 1 aliphatic heterocycles. The van der Waals surface area contributed by atoms with Crippen molar-refractivity contribution in [2.24, 2.45) is 5.73 Å². The largest absolute Gasteiger partial charge is 0.496 e. The Balaban J connectivity index is 1.81. The highest BCUT2D eigenvalue weighted by molar-refractivity contribution is 7.89. The molecule has 1 amide bonds. The van der Waals surface area contributed by atoms with Gasteiger partial charge in [-0.1, -0.05) is 18.2 Å². The summed E-state index contributed by atoms with van der Waals surface area (Å²) >= 11 is 0. The van der Waals surface area contributed by atoms with Gasteiger partial charge in [0.2, 0.25) is 15.9 Å². The van der Waals surface area contributed by atoms with Crippen molar-refractivity contribution in [3.8, 4) is 17.2 Å². The summed E-state index contributed by atoms with van der Waals surface area (Å²) in [7, 11) is -2.36. The lowest BCUT2D eigenvalue weighted by molar-refractivity contribution is -0.113. The Kier molecular flexibility index (Phi) is 4.83. The van der Waals surface area contributed by atoms with Gasteiger partial charge in [-0.25, -0.2) is 8.42 Å². The third-order valence-electron chi connectivity index (χ3n) is 3.50. The molecule has 0 aliphatic carbocycles. The molecule has 0 saturated heterocycles. The maximum atomic E-state index is 12.3. The summed E-state index contributed by atoms with van der Waals surface area (Å²) in [5, 5.41) is 0. The van der Waals surface area contributed by atoms with Crippen molar-refractivity contribution >= 4 is 22.0 Å². The molecule has 26 heavy (non-hydrogen) atoms. The zero-order valence-corrected chi connectivity index (χ0v) is 14.5. The van der Waals surface area contributed by atoms with Crippen molar-refractivity contribution in [3.63, 3.8) is 0 Å². The lowest BCUT2D eigenvalue weighted by Gasteiger charge is -2.12. The van der Waals surface area contributed by atoms with Crippen LogP contribution in [0.4, 0.5) is 0 Å². The second-order valence-electron chi connectivity index (χ2n) is 5.28. The molecule has 9 heteroatoms. The average molecular weight is 376 g/mol. The van der Waals surface area contributed by atoms with Gasteiger partial charge in [-0.2, -0.15) is 0 Å². The summed E-state index contributed by atoms with van der Waals surface area (Å²) in [6.45, 7) is 0. The molecule has 1 unspecified atom stereocenters. The highest BCUT2D eigenvalue weighted by atomic mass is 32.2. The first kappa shape index (κ1) is 17.8. The van der Waals surface area contributed by atoms with Crippen molar-refractivity contribution in [2.75, 3.05) is 7.11 Å². The topological polar surface area (TPSA) is 117 Å². The third kappa shape index (κ3) is 3.79. The first-order valence-electron chi connectivity index (χ1n) is 7.49. The second-order valence-corrected chi connectivity index (χ2v) is 6.99. The van der Waals surface area contributed by atoms with E-state index in [9.17, 15) is 13.2 Å². The molecule has 1 heterocycles. The van der Waals surface area contributed by atoms with Crippen molar-refractivity contribution in [2.45, 2.75) is 11.3 Å². The number of hydrogen-bond acceptors (Lipinski definition) is 6. The van der Waals surface area contributed by atoms with E-state index in [2.05, 4.69) is 4.72 Å². The molecular formula is C17H16N2O6S. The van der Waals surface area contributed by atoms with Crippen LogP contribution in [0.5, 0.6) is 17.2 Å². The Morgan fingerprint density at radius 2 is 1.85 bits per heavy atom. The number of nitrogens with two attached hydrogens (primary N) is 1. The van der Waals surface area contributed by atoms with E-state index in [0.717, 1.165) is 0 Å². The summed E-state index contributed by atoms with van der Waals surface area (Å²) in [4.78, 5) is 11.0. The first-order chi connectivity index (χ1) is 12.4. The first-order valence-corrected chi connectivity index (χ1v) is 8.97. The molecule has 0 radical (unpaired) electrons. The van der Waals surface area contributed by atoms with E-state index in [4.69, 9.17) is 19.9 Å². The van der Waals surface area contributed by atoms with Gasteiger partial charge in [-0.3, -0.25) is 4.79 Å². The van der Waals surface area contributed by atoms with E-state index < -0.39 is 22.3 Å². The summed E-state index contributed by atoms with van der Waals surface area (Å²) in [6.07, 6.45) is 1.41. The Morgan fingerprint density at radius 3 is 2.46 bits per heavy atom. The van der Waals surface area contributed by atoms with Crippen LogP contribution in [0.15, 0.2) is 53.4 Å². The predicted molar refractivity (Wildman–Crippen MR) is 93.0 cm³/mol. The Bertz CT molecular complexity index is 957. The van der Waals surface area contributed by atoms with E-state index in [1.807, 2.05) is 0 Å². The quantitative estimate of drug-likeness (QED) is 0.732. The zero-order chi connectivity index (χ0) is 18.7. The molecule has 0 fully saturated rings. The third-order valence-corrected chi connectivity index (χ3v) is 4.89. The van der Waals surface area contributed by atoms with Gasteiger partial charge in [-0.05, 0) is 24.3 Å². The van der Waals surface area contributed by atoms with Crippen LogP contribution in [0.1, 0.15) is 5.56 Å². The van der Waals surface area contributed by atoms with E-state index >= 15 is 0 Å². The Hall–Kier alpha value is -3.04. The minimum Gasteiger partial charge on any atom is -0.496 e. The number of rotatable bonds is 6. The number of sulfonamides is 1. The van der Waals surface area contributed by atoms with Crippen molar-refractivity contribution in [1.82, 2.24) is 4.72 Å². The summed E-state index contributed by atoms with van der Waals surface area (Å²) < 4.78 is 43.2. The summed E-state index contributed by atoms with van der Waals surface area (Å²) in [6, 6.07) is 11.0. The van der Waals surface area contributed by atoms with E-state index in [1.165, 1.54) is 37.5 Å². The molecule has 3 N–H and O–H groups in total. The van der Waals surface area contributed by atoms with Crippen LogP contribution in [-0.2, 0) is 14.8 Å². The molecule has 2 aromatic carbocycles. The highest BCUT2D eigenvalue weighted by Gasteiger charge is 2.30. The number of carbonyl (C=O) groups excluding carboxylic acids is 1. The van der Waals surface area contributed by atoms with Crippen LogP contribution in [-0.4, -0.2) is 27.8 Å². The predicted octanol–water partition coefficient (Wildman–Crippen LogP) is 1.23. The van der Waals surface area contributed by atoms with Crippen LogP contribution in [0.3, 0.4) is 0 Å². The number of amides is 1. The number of nitrogens with one attached hydrogen (secondary N) is 1. The van der Waals surface area contributed by atoms with Gasteiger partial charge in [-0.15, -0.1) is 4.72 Å². The van der Waals surface area contributed by atoms with Crippen LogP contribution >= 0.6 is 0 Å². The van der Waals surface area contributed by atoms with E-state index in [1.54, 1.807) is 24.3 Å². The van der Waals surface area contributed by atoms with Gasteiger partial charge >= 0.3 is 6.41 Å². The molecule has 1 atom stereocenters. The normalized spacial score (nSPS) is 16.0. The number of benzene rings is 2. The maximum Gasteiger partial charge on any atom is 0.315 e. The summed E-state index contributed by atoms with van der Waals surface area (Å²) in [5.74, 6) is 0.407. The zero-order valence-electron chi connectivity index (χ0n) is 13.7. The summed E-state index contributed by atoms with van der Waals surface area (Å²) in [5.41, 5.74) is 5.62. The van der Waals surface area contributed by atoms with Crippen LogP contribution in [0.25, 0.3) is 6.08 Å². The number of methoxy groups -OCH3 is 1. The standard InChI is InChI=1S/C17H16N2O6S/c1-23-13-10-15-14(9-11(13)7-8-16(18)20)24-17(25-15)19-26(21,22)12-5-3-2-4-6-12/h2-10,17,19H,1H3,(H2,18,20). The van der Waals surface area contributed by atoms with Gasteiger partial charge in [0.15, 0.2) is 11.5 Å².